The number of amidine groups is 1. The predicted molar refractivity (Wildman–Crippen MR) is 74.9 cm³/mol. The SMILES string of the molecule is N=C(N)c1ccc(COc2ccc([N+](=O)[O-])cc2)cc1. The van der Waals surface area contributed by atoms with Crippen LogP contribution in [0.4, 0.5) is 5.69 Å². The van der Waals surface area contributed by atoms with Gasteiger partial charge in [-0.25, -0.2) is 0 Å². The number of hydrogen-bond donors (Lipinski definition) is 2. The molecule has 102 valence electrons. The number of ether oxygens (including phenoxy) is 1. The van der Waals surface area contributed by atoms with Gasteiger partial charge >= 0.3 is 0 Å². The summed E-state index contributed by atoms with van der Waals surface area (Å²) in [5.41, 5.74) is 6.98. The fraction of sp³-hybridized carbons (Fsp3) is 0.0714. The van der Waals surface area contributed by atoms with Gasteiger partial charge < -0.3 is 10.5 Å². The van der Waals surface area contributed by atoms with Crippen molar-refractivity contribution in [1.82, 2.24) is 0 Å². The molecule has 0 amide bonds. The molecule has 20 heavy (non-hydrogen) atoms. The summed E-state index contributed by atoms with van der Waals surface area (Å²) >= 11 is 0. The molecule has 0 aliphatic heterocycles. The highest BCUT2D eigenvalue weighted by Gasteiger charge is 2.04. The average molecular weight is 271 g/mol. The predicted octanol–water partition coefficient (Wildman–Crippen LogP) is 2.46. The van der Waals surface area contributed by atoms with Crippen LogP contribution in [-0.2, 0) is 6.61 Å². The van der Waals surface area contributed by atoms with E-state index >= 15 is 0 Å². The molecule has 0 saturated heterocycles. The van der Waals surface area contributed by atoms with Gasteiger partial charge in [0, 0.05) is 17.7 Å². The molecule has 2 aromatic rings. The highest BCUT2D eigenvalue weighted by Crippen LogP contribution is 2.18. The molecule has 0 unspecified atom stereocenters. The summed E-state index contributed by atoms with van der Waals surface area (Å²) in [6.45, 7) is 0.343. The Bertz CT molecular complexity index is 564. The van der Waals surface area contributed by atoms with Crippen molar-refractivity contribution in [2.24, 2.45) is 5.73 Å². The molecule has 6 nitrogen and oxygen atoms in total. The van der Waals surface area contributed by atoms with Crippen LogP contribution in [0.15, 0.2) is 48.5 Å². The Morgan fingerprint density at radius 3 is 2.25 bits per heavy atom. The van der Waals surface area contributed by atoms with E-state index in [1.807, 2.05) is 12.1 Å². The van der Waals surface area contributed by atoms with Crippen molar-refractivity contribution in [3.05, 3.63) is 69.8 Å². The summed E-state index contributed by atoms with van der Waals surface area (Å²) in [7, 11) is 0. The van der Waals surface area contributed by atoms with Crippen molar-refractivity contribution in [2.75, 3.05) is 0 Å². The van der Waals surface area contributed by atoms with Gasteiger partial charge in [-0.1, -0.05) is 24.3 Å². The van der Waals surface area contributed by atoms with E-state index in [1.54, 1.807) is 24.3 Å². The van der Waals surface area contributed by atoms with Crippen LogP contribution in [0.5, 0.6) is 5.75 Å². The molecular weight excluding hydrogens is 258 g/mol. The second-order valence-corrected chi connectivity index (χ2v) is 4.15. The lowest BCUT2D eigenvalue weighted by Gasteiger charge is -2.06. The number of hydrogen-bond acceptors (Lipinski definition) is 4. The second kappa shape index (κ2) is 5.83. The number of nitrogens with one attached hydrogen (secondary N) is 1. The fourth-order valence-corrected chi connectivity index (χ4v) is 1.61. The Hall–Kier alpha value is -2.89. The van der Waals surface area contributed by atoms with Crippen molar-refractivity contribution >= 4 is 11.5 Å². The summed E-state index contributed by atoms with van der Waals surface area (Å²) in [5.74, 6) is 0.582. The highest BCUT2D eigenvalue weighted by molar-refractivity contribution is 5.94. The number of nitro groups is 1. The lowest BCUT2D eigenvalue weighted by molar-refractivity contribution is -0.384. The second-order valence-electron chi connectivity index (χ2n) is 4.15. The van der Waals surface area contributed by atoms with E-state index in [-0.39, 0.29) is 11.5 Å². The summed E-state index contributed by atoms with van der Waals surface area (Å²) in [6.07, 6.45) is 0. The van der Waals surface area contributed by atoms with Gasteiger partial charge in [0.2, 0.25) is 0 Å². The molecule has 0 aliphatic carbocycles. The number of rotatable bonds is 5. The molecule has 3 N–H and O–H groups in total. The summed E-state index contributed by atoms with van der Waals surface area (Å²) in [5, 5.41) is 17.8. The maximum Gasteiger partial charge on any atom is 0.269 e. The smallest absolute Gasteiger partial charge is 0.269 e. The minimum absolute atomic E-state index is 0.0211. The third-order valence-electron chi connectivity index (χ3n) is 2.72. The van der Waals surface area contributed by atoms with Crippen molar-refractivity contribution in [3.63, 3.8) is 0 Å². The van der Waals surface area contributed by atoms with Crippen molar-refractivity contribution in [2.45, 2.75) is 6.61 Å². The molecule has 0 bridgehead atoms. The number of nitro benzene ring substituents is 1. The summed E-state index contributed by atoms with van der Waals surface area (Å²) < 4.78 is 5.52. The van der Waals surface area contributed by atoms with Crippen molar-refractivity contribution in [1.29, 1.82) is 5.41 Å². The fourth-order valence-electron chi connectivity index (χ4n) is 1.61. The molecule has 6 heteroatoms. The zero-order chi connectivity index (χ0) is 14.5. The number of nitrogens with two attached hydrogens (primary N) is 1. The van der Waals surface area contributed by atoms with Gasteiger partial charge in [0.15, 0.2) is 0 Å². The molecule has 0 heterocycles. The Labute approximate surface area is 115 Å². The Morgan fingerprint density at radius 1 is 1.15 bits per heavy atom. The zero-order valence-corrected chi connectivity index (χ0v) is 10.6. The van der Waals surface area contributed by atoms with E-state index in [0.717, 1.165) is 5.56 Å². The number of non-ortho nitro benzene ring substituents is 1. The number of benzene rings is 2. The number of nitrogens with zero attached hydrogens (tertiary/aromatic N) is 1. The largest absolute Gasteiger partial charge is 0.489 e. The minimum Gasteiger partial charge on any atom is -0.489 e. The first kappa shape index (κ1) is 13.5. The molecule has 0 aromatic heterocycles. The molecule has 0 spiro atoms. The molecule has 0 radical (unpaired) electrons. The van der Waals surface area contributed by atoms with Gasteiger partial charge in [0.25, 0.3) is 5.69 Å². The van der Waals surface area contributed by atoms with E-state index in [1.165, 1.54) is 12.1 Å². The first-order chi connectivity index (χ1) is 9.56. The zero-order valence-electron chi connectivity index (χ0n) is 10.6. The third-order valence-corrected chi connectivity index (χ3v) is 2.72. The maximum atomic E-state index is 10.5. The van der Waals surface area contributed by atoms with Crippen LogP contribution in [-0.4, -0.2) is 10.8 Å². The molecule has 0 saturated carbocycles. The molecule has 0 atom stereocenters. The van der Waals surface area contributed by atoms with Crippen LogP contribution >= 0.6 is 0 Å². The molecular formula is C14H13N3O3. The van der Waals surface area contributed by atoms with Crippen LogP contribution in [0.3, 0.4) is 0 Å². The average Bonchev–Trinajstić information content (AvgIpc) is 2.46. The molecule has 2 rings (SSSR count). The van der Waals surface area contributed by atoms with Gasteiger partial charge in [-0.2, -0.15) is 0 Å². The maximum absolute atomic E-state index is 10.5. The minimum atomic E-state index is -0.454. The van der Waals surface area contributed by atoms with E-state index in [4.69, 9.17) is 15.9 Å². The Kier molecular flexibility index (Phi) is 3.95. The van der Waals surface area contributed by atoms with Gasteiger partial charge in [-0.3, -0.25) is 15.5 Å². The lowest BCUT2D eigenvalue weighted by Crippen LogP contribution is -2.10. The normalized spacial score (nSPS) is 10.0. The number of nitrogen functional groups attached to an aromatic ring is 1. The van der Waals surface area contributed by atoms with E-state index in [0.29, 0.717) is 17.9 Å². The van der Waals surface area contributed by atoms with Crippen molar-refractivity contribution in [3.8, 4) is 5.75 Å². The third kappa shape index (κ3) is 3.32. The summed E-state index contributed by atoms with van der Waals surface area (Å²) in [6, 6.07) is 13.0. The van der Waals surface area contributed by atoms with E-state index < -0.39 is 4.92 Å². The molecule has 0 fully saturated rings. The molecule has 2 aromatic carbocycles. The van der Waals surface area contributed by atoms with Crippen LogP contribution in [0.2, 0.25) is 0 Å². The van der Waals surface area contributed by atoms with Crippen molar-refractivity contribution < 1.29 is 9.66 Å². The van der Waals surface area contributed by atoms with Gasteiger partial charge in [-0.05, 0) is 17.7 Å². The van der Waals surface area contributed by atoms with Gasteiger partial charge in [-0.15, -0.1) is 0 Å². The van der Waals surface area contributed by atoms with Gasteiger partial charge in [0.1, 0.15) is 18.2 Å². The monoisotopic (exact) mass is 271 g/mol. The van der Waals surface area contributed by atoms with E-state index in [9.17, 15) is 10.1 Å². The first-order valence-corrected chi connectivity index (χ1v) is 5.87. The standard InChI is InChI=1S/C14H13N3O3/c15-14(16)11-3-1-10(2-4-11)9-20-13-7-5-12(6-8-13)17(18)19/h1-8H,9H2,(H3,15,16). The Balaban J connectivity index is 1.97. The van der Waals surface area contributed by atoms with E-state index in [2.05, 4.69) is 0 Å². The quantitative estimate of drug-likeness (QED) is 0.377. The molecule has 0 aliphatic rings. The Morgan fingerprint density at radius 2 is 1.75 bits per heavy atom. The lowest BCUT2D eigenvalue weighted by atomic mass is 10.1. The van der Waals surface area contributed by atoms with Gasteiger partial charge in [0.05, 0.1) is 4.92 Å². The topological polar surface area (TPSA) is 102 Å². The first-order valence-electron chi connectivity index (χ1n) is 5.87. The van der Waals surface area contributed by atoms with Crippen LogP contribution in [0.25, 0.3) is 0 Å². The summed E-state index contributed by atoms with van der Waals surface area (Å²) in [4.78, 5) is 10.1. The van der Waals surface area contributed by atoms with Crippen LogP contribution in [0, 0.1) is 15.5 Å². The van der Waals surface area contributed by atoms with Crippen LogP contribution in [0.1, 0.15) is 11.1 Å². The van der Waals surface area contributed by atoms with Crippen LogP contribution < -0.4 is 10.5 Å². The highest BCUT2D eigenvalue weighted by atomic mass is 16.6.